The van der Waals surface area contributed by atoms with Crippen LogP contribution in [0, 0.1) is 5.92 Å². The number of hydrogen-bond acceptors (Lipinski definition) is 20. The first-order valence-corrected chi connectivity index (χ1v) is 28.5. The fourth-order valence-electron chi connectivity index (χ4n) is 10.4. The van der Waals surface area contributed by atoms with Crippen LogP contribution in [0.1, 0.15) is 57.1 Å². The zero-order valence-electron chi connectivity index (χ0n) is 45.2. The van der Waals surface area contributed by atoms with Gasteiger partial charge in [-0.25, -0.2) is 0 Å². The Kier molecular flexibility index (Phi) is 21.9. The van der Waals surface area contributed by atoms with Gasteiger partial charge in [0.1, 0.15) is 30.2 Å². The minimum Gasteiger partial charge on any atom is -0.558 e. The van der Waals surface area contributed by atoms with E-state index in [0.717, 1.165) is 11.1 Å². The van der Waals surface area contributed by atoms with Crippen LogP contribution >= 0.6 is 0 Å². The number of benzene rings is 1. The molecule has 0 aromatic heterocycles. The maximum absolute atomic E-state index is 14.3. The van der Waals surface area contributed by atoms with Crippen LogP contribution in [-0.4, -0.2) is 262 Å². The second-order valence-corrected chi connectivity index (χ2v) is 21.9. The quantitative estimate of drug-likeness (QED) is 0.0446. The molecule has 1 aromatic rings. The second-order valence-electron chi connectivity index (χ2n) is 20.9. The maximum atomic E-state index is 14.3. The number of carboxylic acids is 1. The maximum Gasteiger partial charge on any atom is 1.15 e. The van der Waals surface area contributed by atoms with E-state index in [1.54, 1.807) is 45.6 Å². The molecule has 0 saturated carbocycles. The molecule has 6 heterocycles. The number of esters is 1. The fraction of sp³-hybridized carbons (Fsp3) is 0.640. The number of aliphatic carboxylic acids is 1. The zero-order chi connectivity index (χ0) is 58.5. The molecule has 2 bridgehead atoms. The van der Waals surface area contributed by atoms with Gasteiger partial charge in [-0.15, -0.1) is 0 Å². The Morgan fingerprint density at radius 3 is 1.99 bits per heavy atom. The number of nitrogens with one attached hydrogen (secondary N) is 6. The number of cyclic esters (lactones) is 1. The summed E-state index contributed by atoms with van der Waals surface area (Å²) in [6.45, 7) is 5.12. The fourth-order valence-corrected chi connectivity index (χ4v) is 11.0. The highest BCUT2D eigenvalue weighted by Gasteiger charge is 2.47. The van der Waals surface area contributed by atoms with Crippen LogP contribution in [0.15, 0.2) is 18.2 Å². The standard InChI is InChI=1S/C50H72N12O17.Al.FH/c1-3-29(2)44(48(76)54-33-8-7-30-5-4-6-31-21-35(62(45(30)31)49(33)77)47(75)55-34-22-43(73)79-50(34)78)56-37(64)24-51-36(63)23-52-46(74)32(9-10-40(67)68)53-38(65)25-57-17-19-61(20-18-57)39(66)26-58-11-13-59(27-41(69)70)15-16-60(14-12-58)28-42(71)72;;/h4-6,29,32-35,44,50,78H,3,7-28H2,1-2H3,(H,51,63)(H,52,74)(H,53,65)(H,54,76)(H,55,75)(H,56,64)(H,67,68)(H,69,70)(H,71,72);;1H/q;+3;/p-3/t29-,32-,33-,34?,35-,44-,50?;;/m0../s1. The van der Waals surface area contributed by atoms with E-state index >= 15 is 0 Å². The van der Waals surface area contributed by atoms with E-state index in [9.17, 15) is 71.3 Å². The molecule has 4 fully saturated rings. The average Bonchev–Trinajstić information content (AvgIpc) is 4.05. The van der Waals surface area contributed by atoms with Crippen LogP contribution < -0.4 is 36.8 Å². The number of ether oxygens (including phenoxy) is 1. The molecular weight excluding hydrogens is 1090 g/mol. The van der Waals surface area contributed by atoms with Gasteiger partial charge in [-0.2, -0.15) is 0 Å². The van der Waals surface area contributed by atoms with E-state index in [1.165, 1.54) is 4.90 Å². The third-order valence-electron chi connectivity index (χ3n) is 15.1. The SMILES string of the molecule is CC[C@H](C)[C@H](NC(=O)CNC(=O)CNC(=O)[C@H](CCC(=O)O)NC(=O)CN1CCN(C(=O)CN2CCN3CCN(CC2)CC(=O)[O][Al]([F])[O]C(=O)C3)CC1)C(=O)N[C@H]1CCc2cccc3c2N(C1=O)[C@H](C(=O)NC1CC(=O)OC1O)C3. The third-order valence-corrected chi connectivity index (χ3v) is 16.0. The summed E-state index contributed by atoms with van der Waals surface area (Å²) in [6, 6.07) is -0.350. The molecule has 9 atom stereocenters. The van der Waals surface area contributed by atoms with Crippen LogP contribution in [0.25, 0.3) is 0 Å². The summed E-state index contributed by atoms with van der Waals surface area (Å²) in [5, 5.41) is 34.7. The Morgan fingerprint density at radius 1 is 0.741 bits per heavy atom. The predicted octanol–water partition coefficient (Wildman–Crippen LogP) is -5.64. The second kappa shape index (κ2) is 28.7. The summed E-state index contributed by atoms with van der Waals surface area (Å²) in [4.78, 5) is 166. The number of amides is 8. The van der Waals surface area contributed by atoms with E-state index in [4.69, 9.17) is 12.3 Å². The lowest BCUT2D eigenvalue weighted by molar-refractivity contribution is -0.155. The number of nitrogens with zero attached hydrogens (tertiary/aromatic N) is 6. The Labute approximate surface area is 470 Å². The Balaban J connectivity index is 0.846. The molecular formula is C50H70AlFN12O17. The van der Waals surface area contributed by atoms with Gasteiger partial charge in [0.15, 0.2) is 0 Å². The highest BCUT2D eigenvalue weighted by atomic mass is 27.3. The number of hydrogen-bond donors (Lipinski definition) is 8. The number of rotatable bonds is 20. The molecule has 4 saturated heterocycles. The molecule has 29 nitrogen and oxygen atoms in total. The topological polar surface area (TPSA) is 365 Å². The smallest absolute Gasteiger partial charge is 0.558 e. The average molecular weight is 1160 g/mol. The lowest BCUT2D eigenvalue weighted by atomic mass is 9.97. The highest BCUT2D eigenvalue weighted by molar-refractivity contribution is 6.41. The van der Waals surface area contributed by atoms with Crippen molar-refractivity contribution in [2.45, 2.75) is 95.3 Å². The zero-order valence-corrected chi connectivity index (χ0v) is 46.3. The van der Waals surface area contributed by atoms with Gasteiger partial charge < -0.3 is 62.9 Å². The van der Waals surface area contributed by atoms with Crippen molar-refractivity contribution in [3.63, 3.8) is 0 Å². The summed E-state index contributed by atoms with van der Waals surface area (Å²) in [5.41, 5.74) is 2.04. The minimum absolute atomic E-state index is 0.0341. The number of para-hydroxylation sites is 1. The molecule has 81 heavy (non-hydrogen) atoms. The van der Waals surface area contributed by atoms with Gasteiger partial charge in [0.2, 0.25) is 53.5 Å². The lowest BCUT2D eigenvalue weighted by Gasteiger charge is -2.36. The van der Waals surface area contributed by atoms with Crippen molar-refractivity contribution in [3.05, 3.63) is 29.3 Å². The van der Waals surface area contributed by atoms with E-state index < -0.39 is 142 Å². The Morgan fingerprint density at radius 2 is 1.36 bits per heavy atom. The van der Waals surface area contributed by atoms with E-state index in [2.05, 4.69) is 31.9 Å². The van der Waals surface area contributed by atoms with Crippen molar-refractivity contribution in [1.82, 2.24) is 56.4 Å². The van der Waals surface area contributed by atoms with Crippen molar-refractivity contribution in [1.29, 1.82) is 0 Å². The molecule has 442 valence electrons. The molecule has 0 spiro atoms. The van der Waals surface area contributed by atoms with Gasteiger partial charge in [-0.05, 0) is 36.3 Å². The van der Waals surface area contributed by atoms with Crippen LogP contribution in [-0.2, 0) is 82.7 Å². The molecule has 6 aliphatic heterocycles. The van der Waals surface area contributed by atoms with Gasteiger partial charge in [0.25, 0.3) is 11.9 Å². The molecule has 8 amide bonds. The number of carbonyl (C=O) groups is 12. The molecule has 7 rings (SSSR count). The molecule has 6 aliphatic rings. The number of carboxylic acid groups (broad SMARTS) is 1. The van der Waals surface area contributed by atoms with Crippen LogP contribution in [0.4, 0.5) is 9.21 Å². The Bertz CT molecular complexity index is 2550. The van der Waals surface area contributed by atoms with Crippen molar-refractivity contribution in [2.24, 2.45) is 5.92 Å². The van der Waals surface area contributed by atoms with Crippen LogP contribution in [0.5, 0.6) is 0 Å². The predicted molar refractivity (Wildman–Crippen MR) is 278 cm³/mol. The Hall–Kier alpha value is -6.88. The normalized spacial score (nSPS) is 24.6. The first-order valence-electron chi connectivity index (χ1n) is 27.1. The molecule has 0 aliphatic carbocycles. The van der Waals surface area contributed by atoms with E-state index in [0.29, 0.717) is 70.9 Å². The van der Waals surface area contributed by atoms with Gasteiger partial charge in [-0.1, -0.05) is 38.5 Å². The number of aliphatic hydroxyl groups excluding tert-OH is 1. The van der Waals surface area contributed by atoms with Crippen LogP contribution in [0.2, 0.25) is 0 Å². The monoisotopic (exact) mass is 1160 g/mol. The number of anilines is 1. The van der Waals surface area contributed by atoms with E-state index in [1.807, 2.05) is 11.0 Å². The summed E-state index contributed by atoms with van der Waals surface area (Å²) in [7, 11) is 0. The van der Waals surface area contributed by atoms with Gasteiger partial charge in [0, 0.05) is 78.3 Å². The van der Waals surface area contributed by atoms with E-state index in [-0.39, 0.29) is 70.9 Å². The first kappa shape index (κ1) is 61.7. The van der Waals surface area contributed by atoms with Crippen molar-refractivity contribution in [2.75, 3.05) is 110 Å². The number of fused-ring (bicyclic) bond motifs is 3. The molecule has 8 N–H and O–H groups in total. The largest absolute Gasteiger partial charge is 1.15 e. The number of aryl methyl sites for hydroxylation is 1. The molecule has 4 unspecified atom stereocenters. The summed E-state index contributed by atoms with van der Waals surface area (Å²) in [5.74, 6) is -9.26. The summed E-state index contributed by atoms with van der Waals surface area (Å²) in [6.07, 6.45) is -1.58. The highest BCUT2D eigenvalue weighted by Crippen LogP contribution is 2.39. The first-order chi connectivity index (χ1) is 38.6. The molecule has 0 radical (unpaired) electrons. The van der Waals surface area contributed by atoms with Crippen LogP contribution in [0.3, 0.4) is 0 Å². The molecule has 1 aromatic carbocycles. The minimum atomic E-state index is -3.96. The molecule has 31 heteroatoms. The summed E-state index contributed by atoms with van der Waals surface area (Å²) >= 11 is -3.96. The summed E-state index contributed by atoms with van der Waals surface area (Å²) < 4.78 is 28.2. The van der Waals surface area contributed by atoms with Gasteiger partial charge in [-0.3, -0.25) is 82.0 Å². The number of carbonyl (C=O) groups excluding carboxylic acids is 11. The van der Waals surface area contributed by atoms with Gasteiger partial charge in [0.05, 0.1) is 51.4 Å². The third kappa shape index (κ3) is 17.3. The van der Waals surface area contributed by atoms with Crippen molar-refractivity contribution < 1.29 is 83.6 Å². The number of aliphatic hydroxyl groups is 1. The van der Waals surface area contributed by atoms with Crippen molar-refractivity contribution >= 4 is 92.1 Å². The lowest BCUT2D eigenvalue weighted by Crippen LogP contribution is -2.59. The van der Waals surface area contributed by atoms with Crippen molar-refractivity contribution in [3.8, 4) is 0 Å². The number of piperazine rings is 1. The number of halogens is 1. The van der Waals surface area contributed by atoms with Gasteiger partial charge >= 0.3 is 27.2 Å².